The average Bonchev–Trinajstić information content (AvgIpc) is 3.25. The quantitative estimate of drug-likeness (QED) is 0.505. The summed E-state index contributed by atoms with van der Waals surface area (Å²) in [6, 6.07) is 10.0. The number of thioether (sulfide) groups is 1. The number of furan rings is 1. The second-order valence-corrected chi connectivity index (χ2v) is 8.64. The summed E-state index contributed by atoms with van der Waals surface area (Å²) in [5.41, 5.74) is 0.876. The lowest BCUT2D eigenvalue weighted by atomic mass is 10.0. The Balaban J connectivity index is 1.82. The van der Waals surface area contributed by atoms with Gasteiger partial charge in [-0.25, -0.2) is 4.79 Å². The minimum Gasteiger partial charge on any atom is -0.497 e. The van der Waals surface area contributed by atoms with E-state index < -0.39 is 17.9 Å². The largest absolute Gasteiger partial charge is 0.497 e. The number of amides is 1. The van der Waals surface area contributed by atoms with Crippen molar-refractivity contribution in [1.29, 1.82) is 0 Å². The van der Waals surface area contributed by atoms with Crippen LogP contribution in [-0.4, -0.2) is 39.4 Å². The zero-order valence-electron chi connectivity index (χ0n) is 16.2. The molecular formula is C21H21NO5S2. The maximum Gasteiger partial charge on any atom is 0.326 e. The van der Waals surface area contributed by atoms with Crippen LogP contribution in [0.2, 0.25) is 0 Å². The van der Waals surface area contributed by atoms with Crippen LogP contribution in [-0.2, 0) is 9.59 Å². The van der Waals surface area contributed by atoms with Gasteiger partial charge in [-0.2, -0.15) is 0 Å². The fraction of sp³-hybridized carbons (Fsp3) is 0.286. The van der Waals surface area contributed by atoms with Crippen molar-refractivity contribution in [3.8, 4) is 17.1 Å². The Labute approximate surface area is 178 Å². The fourth-order valence-electron chi connectivity index (χ4n) is 2.98. The second kappa shape index (κ2) is 8.84. The molecule has 0 aliphatic carbocycles. The third-order valence-electron chi connectivity index (χ3n) is 4.39. The third kappa shape index (κ3) is 4.71. The second-order valence-electron chi connectivity index (χ2n) is 6.97. The summed E-state index contributed by atoms with van der Waals surface area (Å²) in [6.07, 6.45) is 1.93. The van der Waals surface area contributed by atoms with E-state index in [0.29, 0.717) is 22.8 Å². The van der Waals surface area contributed by atoms with Crippen molar-refractivity contribution in [3.63, 3.8) is 0 Å². The van der Waals surface area contributed by atoms with Crippen LogP contribution in [0.5, 0.6) is 5.75 Å². The number of aliphatic carboxylic acids is 1. The van der Waals surface area contributed by atoms with Gasteiger partial charge < -0.3 is 14.3 Å². The molecule has 0 radical (unpaired) electrons. The lowest BCUT2D eigenvalue weighted by molar-refractivity contribution is -0.145. The molecule has 1 fully saturated rings. The predicted molar refractivity (Wildman–Crippen MR) is 117 cm³/mol. The van der Waals surface area contributed by atoms with E-state index in [4.69, 9.17) is 21.4 Å². The Kier molecular flexibility index (Phi) is 6.44. The van der Waals surface area contributed by atoms with Crippen molar-refractivity contribution in [1.82, 2.24) is 4.90 Å². The highest BCUT2D eigenvalue weighted by Crippen LogP contribution is 2.36. The summed E-state index contributed by atoms with van der Waals surface area (Å²) < 4.78 is 11.2. The minimum absolute atomic E-state index is 0.113. The molecule has 2 aromatic rings. The highest BCUT2D eigenvalue weighted by molar-refractivity contribution is 8.26. The number of nitrogens with zero attached hydrogens (tertiary/aromatic N) is 1. The topological polar surface area (TPSA) is 80.0 Å². The zero-order chi connectivity index (χ0) is 21.1. The van der Waals surface area contributed by atoms with Gasteiger partial charge in [-0.1, -0.05) is 37.8 Å². The Morgan fingerprint density at radius 2 is 1.97 bits per heavy atom. The van der Waals surface area contributed by atoms with Crippen molar-refractivity contribution < 1.29 is 23.8 Å². The van der Waals surface area contributed by atoms with Crippen LogP contribution in [0.1, 0.15) is 26.0 Å². The Hall–Kier alpha value is -2.58. The molecule has 2 heterocycles. The molecule has 1 atom stereocenters. The lowest BCUT2D eigenvalue weighted by Crippen LogP contribution is -2.44. The number of hydrogen-bond acceptors (Lipinski definition) is 6. The number of methoxy groups -OCH3 is 1. The molecular weight excluding hydrogens is 410 g/mol. The van der Waals surface area contributed by atoms with Gasteiger partial charge in [0.25, 0.3) is 5.91 Å². The van der Waals surface area contributed by atoms with Gasteiger partial charge in [0, 0.05) is 11.6 Å². The maximum atomic E-state index is 12.8. The summed E-state index contributed by atoms with van der Waals surface area (Å²) in [4.78, 5) is 26.0. The van der Waals surface area contributed by atoms with Crippen LogP contribution in [0.25, 0.3) is 17.4 Å². The first-order valence-electron chi connectivity index (χ1n) is 9.04. The highest BCUT2D eigenvalue weighted by atomic mass is 32.2. The van der Waals surface area contributed by atoms with Crippen molar-refractivity contribution in [2.24, 2.45) is 5.92 Å². The molecule has 8 heteroatoms. The van der Waals surface area contributed by atoms with E-state index in [0.717, 1.165) is 23.1 Å². The molecule has 1 N–H and O–H groups in total. The Morgan fingerprint density at radius 3 is 2.55 bits per heavy atom. The molecule has 29 heavy (non-hydrogen) atoms. The number of benzene rings is 1. The molecule has 6 nitrogen and oxygen atoms in total. The Morgan fingerprint density at radius 1 is 1.28 bits per heavy atom. The van der Waals surface area contributed by atoms with Gasteiger partial charge in [-0.3, -0.25) is 9.69 Å². The molecule has 1 saturated heterocycles. The van der Waals surface area contributed by atoms with E-state index in [1.165, 1.54) is 4.90 Å². The SMILES string of the molecule is COc1ccc(-c2ccc(/C=C3\SC(=S)N(C(CC(C)C)C(=O)O)C3=O)o2)cc1. The number of carbonyl (C=O) groups is 2. The number of rotatable bonds is 7. The summed E-state index contributed by atoms with van der Waals surface area (Å²) in [5, 5.41) is 9.55. The van der Waals surface area contributed by atoms with Crippen LogP contribution in [0.15, 0.2) is 45.7 Å². The summed E-state index contributed by atoms with van der Waals surface area (Å²) in [6.45, 7) is 3.82. The van der Waals surface area contributed by atoms with Gasteiger partial charge in [-0.05, 0) is 48.7 Å². The van der Waals surface area contributed by atoms with Gasteiger partial charge in [0.15, 0.2) is 0 Å². The van der Waals surface area contributed by atoms with Gasteiger partial charge in [0.05, 0.1) is 12.0 Å². The smallest absolute Gasteiger partial charge is 0.326 e. The van der Waals surface area contributed by atoms with Gasteiger partial charge in [-0.15, -0.1) is 0 Å². The van der Waals surface area contributed by atoms with Gasteiger partial charge in [0.2, 0.25) is 0 Å². The molecule has 1 aliphatic heterocycles. The van der Waals surface area contributed by atoms with E-state index in [9.17, 15) is 14.7 Å². The number of carbonyl (C=O) groups excluding carboxylic acids is 1. The maximum absolute atomic E-state index is 12.8. The van der Waals surface area contributed by atoms with Crippen molar-refractivity contribution in [3.05, 3.63) is 47.1 Å². The third-order valence-corrected chi connectivity index (χ3v) is 5.72. The minimum atomic E-state index is -1.06. The van der Waals surface area contributed by atoms with Gasteiger partial charge >= 0.3 is 5.97 Å². The van der Waals surface area contributed by atoms with Crippen molar-refractivity contribution in [2.75, 3.05) is 7.11 Å². The molecule has 1 amide bonds. The number of hydrogen-bond donors (Lipinski definition) is 1. The molecule has 1 aromatic carbocycles. The molecule has 0 spiro atoms. The van der Waals surface area contributed by atoms with Crippen LogP contribution in [0.3, 0.4) is 0 Å². The Bertz CT molecular complexity index is 962. The van der Waals surface area contributed by atoms with Crippen molar-refractivity contribution >= 4 is 46.3 Å². The van der Waals surface area contributed by atoms with E-state index in [1.54, 1.807) is 19.3 Å². The summed E-state index contributed by atoms with van der Waals surface area (Å²) >= 11 is 6.37. The molecule has 152 valence electrons. The molecule has 0 bridgehead atoms. The first kappa shape index (κ1) is 21.1. The summed E-state index contributed by atoms with van der Waals surface area (Å²) in [7, 11) is 1.60. The summed E-state index contributed by atoms with van der Waals surface area (Å²) in [5.74, 6) is 0.539. The first-order valence-corrected chi connectivity index (χ1v) is 10.3. The van der Waals surface area contributed by atoms with Gasteiger partial charge in [0.1, 0.15) is 27.6 Å². The van der Waals surface area contributed by atoms with Crippen LogP contribution >= 0.6 is 24.0 Å². The highest BCUT2D eigenvalue weighted by Gasteiger charge is 2.40. The van der Waals surface area contributed by atoms with Crippen LogP contribution in [0, 0.1) is 5.92 Å². The predicted octanol–water partition coefficient (Wildman–Crippen LogP) is 4.66. The van der Waals surface area contributed by atoms with E-state index in [2.05, 4.69) is 0 Å². The van der Waals surface area contributed by atoms with Crippen LogP contribution in [0.4, 0.5) is 0 Å². The van der Waals surface area contributed by atoms with E-state index in [-0.39, 0.29) is 10.2 Å². The number of thiocarbonyl (C=S) groups is 1. The zero-order valence-corrected chi connectivity index (χ0v) is 17.9. The molecule has 1 aliphatic rings. The molecule has 0 saturated carbocycles. The first-order chi connectivity index (χ1) is 13.8. The molecule has 1 unspecified atom stereocenters. The normalized spacial score (nSPS) is 16.7. The lowest BCUT2D eigenvalue weighted by Gasteiger charge is -2.24. The van der Waals surface area contributed by atoms with E-state index in [1.807, 2.05) is 44.2 Å². The van der Waals surface area contributed by atoms with Crippen molar-refractivity contribution in [2.45, 2.75) is 26.3 Å². The average molecular weight is 432 g/mol. The monoisotopic (exact) mass is 431 g/mol. The number of carboxylic acids is 1. The molecule has 3 rings (SSSR count). The van der Waals surface area contributed by atoms with Crippen LogP contribution < -0.4 is 4.74 Å². The van der Waals surface area contributed by atoms with E-state index >= 15 is 0 Å². The fourth-order valence-corrected chi connectivity index (χ4v) is 4.32. The standard InChI is InChI=1S/C21H21NO5S2/c1-12(2)10-16(20(24)25)22-19(23)18(29-21(22)28)11-15-8-9-17(27-15)13-4-6-14(26-3)7-5-13/h4-9,11-12,16H,10H2,1-3H3,(H,24,25)/b18-11-. The number of carboxylic acid groups (broad SMARTS) is 1. The molecule has 1 aromatic heterocycles. The number of ether oxygens (including phenoxy) is 1.